The van der Waals surface area contributed by atoms with Crippen LogP contribution in [0.3, 0.4) is 0 Å². The van der Waals surface area contributed by atoms with Gasteiger partial charge < -0.3 is 28.8 Å². The number of hydrogen-bond acceptors (Lipinski definition) is 7. The fourth-order valence-electron chi connectivity index (χ4n) is 4.02. The summed E-state index contributed by atoms with van der Waals surface area (Å²) < 4.78 is 28.5. The van der Waals surface area contributed by atoms with Crippen molar-refractivity contribution in [1.82, 2.24) is 0 Å². The van der Waals surface area contributed by atoms with Crippen molar-refractivity contribution < 1.29 is 33.6 Å². The van der Waals surface area contributed by atoms with Gasteiger partial charge in [0.25, 0.3) is 0 Å². The molecular formula is C20H34O7. The minimum atomic E-state index is -0.651. The van der Waals surface area contributed by atoms with E-state index in [-0.39, 0.29) is 24.3 Å². The third-order valence-electron chi connectivity index (χ3n) is 5.75. The average molecular weight is 386 g/mol. The van der Waals surface area contributed by atoms with Crippen molar-refractivity contribution in [2.45, 2.75) is 96.3 Å². The van der Waals surface area contributed by atoms with Crippen LogP contribution in [-0.4, -0.2) is 61.3 Å². The maximum Gasteiger partial charge on any atom is 0.311 e. The molecule has 7 heteroatoms. The Morgan fingerprint density at radius 1 is 1.15 bits per heavy atom. The Hall–Kier alpha value is -0.730. The van der Waals surface area contributed by atoms with Gasteiger partial charge >= 0.3 is 5.97 Å². The van der Waals surface area contributed by atoms with Crippen LogP contribution in [0.2, 0.25) is 0 Å². The van der Waals surface area contributed by atoms with E-state index in [1.807, 2.05) is 6.92 Å². The molecule has 2 saturated heterocycles. The van der Waals surface area contributed by atoms with E-state index >= 15 is 0 Å². The quantitative estimate of drug-likeness (QED) is 0.370. The van der Waals surface area contributed by atoms with Crippen molar-refractivity contribution in [2.24, 2.45) is 11.8 Å². The number of aliphatic hydroxyl groups excluding tert-OH is 1. The molecule has 2 aliphatic heterocycles. The molecule has 156 valence electrons. The van der Waals surface area contributed by atoms with E-state index in [9.17, 15) is 9.90 Å². The summed E-state index contributed by atoms with van der Waals surface area (Å²) in [6, 6.07) is 0. The highest BCUT2D eigenvalue weighted by atomic mass is 16.7. The Morgan fingerprint density at radius 3 is 2.52 bits per heavy atom. The minimum Gasteiger partial charge on any atom is -0.436 e. The van der Waals surface area contributed by atoms with Gasteiger partial charge in [0.1, 0.15) is 6.10 Å². The van der Waals surface area contributed by atoms with Crippen molar-refractivity contribution in [1.29, 1.82) is 0 Å². The van der Waals surface area contributed by atoms with Crippen LogP contribution in [0.25, 0.3) is 0 Å². The molecule has 7 nitrogen and oxygen atoms in total. The summed E-state index contributed by atoms with van der Waals surface area (Å²) in [5.74, 6) is -0.0970. The van der Waals surface area contributed by atoms with E-state index in [0.29, 0.717) is 50.6 Å². The van der Waals surface area contributed by atoms with Crippen molar-refractivity contribution in [3.63, 3.8) is 0 Å². The van der Waals surface area contributed by atoms with Crippen LogP contribution in [0.4, 0.5) is 0 Å². The third-order valence-corrected chi connectivity index (χ3v) is 5.75. The van der Waals surface area contributed by atoms with Gasteiger partial charge in [-0.1, -0.05) is 6.92 Å². The van der Waals surface area contributed by atoms with Gasteiger partial charge in [-0.3, -0.25) is 4.79 Å². The largest absolute Gasteiger partial charge is 0.436 e. The summed E-state index contributed by atoms with van der Waals surface area (Å²) in [6.07, 6.45) is 4.47. The summed E-state index contributed by atoms with van der Waals surface area (Å²) in [6.45, 7) is 6.28. The number of esters is 1. The highest BCUT2D eigenvalue weighted by Crippen LogP contribution is 2.41. The fraction of sp³-hybridized carbons (Fsp3) is 0.950. The molecule has 0 aromatic rings. The second-order valence-corrected chi connectivity index (χ2v) is 8.12. The zero-order valence-corrected chi connectivity index (χ0v) is 16.7. The zero-order valence-electron chi connectivity index (χ0n) is 16.7. The number of hydrogen-bond donors (Lipinski definition) is 1. The molecule has 6 atom stereocenters. The van der Waals surface area contributed by atoms with Crippen LogP contribution in [0.5, 0.6) is 0 Å². The van der Waals surface area contributed by atoms with Gasteiger partial charge in [0.15, 0.2) is 6.29 Å². The summed E-state index contributed by atoms with van der Waals surface area (Å²) in [5, 5.41) is 9.40. The highest BCUT2D eigenvalue weighted by molar-refractivity contribution is 5.72. The number of epoxide rings is 1. The van der Waals surface area contributed by atoms with E-state index < -0.39 is 12.4 Å². The van der Waals surface area contributed by atoms with Gasteiger partial charge in [-0.15, -0.1) is 0 Å². The Bertz CT molecular complexity index is 475. The van der Waals surface area contributed by atoms with Crippen molar-refractivity contribution in [3.8, 4) is 0 Å². The van der Waals surface area contributed by atoms with E-state index in [0.717, 1.165) is 19.3 Å². The summed E-state index contributed by atoms with van der Waals surface area (Å²) in [7, 11) is 0. The Kier molecular flexibility index (Phi) is 7.50. The van der Waals surface area contributed by atoms with Crippen LogP contribution in [-0.2, 0) is 28.5 Å². The molecule has 0 spiro atoms. The van der Waals surface area contributed by atoms with Crippen LogP contribution < -0.4 is 0 Å². The van der Waals surface area contributed by atoms with E-state index in [1.54, 1.807) is 13.8 Å². The lowest BCUT2D eigenvalue weighted by Gasteiger charge is -2.35. The highest BCUT2D eigenvalue weighted by Gasteiger charge is 2.47. The molecule has 0 amide bonds. The monoisotopic (exact) mass is 386 g/mol. The molecule has 3 aliphatic rings. The predicted octanol–water partition coefficient (Wildman–Crippen LogP) is 2.39. The van der Waals surface area contributed by atoms with Crippen LogP contribution in [0.1, 0.15) is 59.3 Å². The second kappa shape index (κ2) is 9.65. The molecule has 0 radical (unpaired) electrons. The molecule has 0 bridgehead atoms. The van der Waals surface area contributed by atoms with Gasteiger partial charge in [0, 0.05) is 5.92 Å². The van der Waals surface area contributed by atoms with Gasteiger partial charge in [-0.2, -0.15) is 0 Å². The number of carbonyl (C=O) groups is 1. The lowest BCUT2D eigenvalue weighted by molar-refractivity contribution is -0.272. The average Bonchev–Trinajstić information content (AvgIpc) is 3.41. The van der Waals surface area contributed by atoms with Gasteiger partial charge in [0.05, 0.1) is 37.4 Å². The summed E-state index contributed by atoms with van der Waals surface area (Å²) >= 11 is 0. The maximum atomic E-state index is 12.3. The van der Waals surface area contributed by atoms with E-state index in [4.69, 9.17) is 23.7 Å². The first-order valence-electron chi connectivity index (χ1n) is 10.4. The van der Waals surface area contributed by atoms with Crippen molar-refractivity contribution >= 4 is 5.97 Å². The molecule has 3 rings (SSSR count). The number of fused-ring (bicyclic) bond motifs is 1. The molecule has 6 unspecified atom stereocenters. The Morgan fingerprint density at radius 2 is 1.89 bits per heavy atom. The molecule has 0 aromatic heterocycles. The summed E-state index contributed by atoms with van der Waals surface area (Å²) in [4.78, 5) is 12.3. The lowest BCUT2D eigenvalue weighted by atomic mass is 9.88. The number of rotatable bonds is 9. The summed E-state index contributed by atoms with van der Waals surface area (Å²) in [5.41, 5.74) is 0. The third kappa shape index (κ3) is 6.12. The molecule has 3 fully saturated rings. The molecule has 27 heavy (non-hydrogen) atoms. The first-order valence-corrected chi connectivity index (χ1v) is 10.4. The molecule has 2 heterocycles. The van der Waals surface area contributed by atoms with Crippen molar-refractivity contribution in [2.75, 3.05) is 13.2 Å². The van der Waals surface area contributed by atoms with Gasteiger partial charge in [-0.05, 0) is 52.4 Å². The standard InChI is InChI=1S/C20H34O7/c1-4-14(6-5-12(2)21)19(22)26-13(3)25-16-10-23-20(24-11-16)15-7-8-17-18(9-15)27-17/h12-18,20-21H,4-11H2,1-3H3. The second-order valence-electron chi connectivity index (χ2n) is 8.12. The molecule has 1 saturated carbocycles. The van der Waals surface area contributed by atoms with Gasteiger partial charge in [-0.25, -0.2) is 0 Å². The molecular weight excluding hydrogens is 352 g/mol. The van der Waals surface area contributed by atoms with Gasteiger partial charge in [0.2, 0.25) is 6.29 Å². The number of ether oxygens (including phenoxy) is 5. The first-order chi connectivity index (χ1) is 13.0. The Balaban J connectivity index is 1.34. The van der Waals surface area contributed by atoms with Crippen LogP contribution in [0, 0.1) is 11.8 Å². The van der Waals surface area contributed by atoms with Crippen LogP contribution >= 0.6 is 0 Å². The normalized spacial score (nSPS) is 36.4. The smallest absolute Gasteiger partial charge is 0.311 e. The fourth-order valence-corrected chi connectivity index (χ4v) is 4.02. The first kappa shape index (κ1) is 21.0. The van der Waals surface area contributed by atoms with E-state index in [1.165, 1.54) is 0 Å². The van der Waals surface area contributed by atoms with Crippen LogP contribution in [0.15, 0.2) is 0 Å². The zero-order chi connectivity index (χ0) is 19.4. The van der Waals surface area contributed by atoms with Crippen molar-refractivity contribution in [3.05, 3.63) is 0 Å². The molecule has 0 aromatic carbocycles. The maximum absolute atomic E-state index is 12.3. The Labute approximate surface area is 161 Å². The van der Waals surface area contributed by atoms with E-state index in [2.05, 4.69) is 0 Å². The number of carbonyl (C=O) groups excluding carboxylic acids is 1. The molecule has 1 aliphatic carbocycles. The minimum absolute atomic E-state index is 0.183. The number of aliphatic hydroxyl groups is 1. The topological polar surface area (TPSA) is 86.8 Å². The molecule has 1 N–H and O–H groups in total. The predicted molar refractivity (Wildman–Crippen MR) is 96.8 cm³/mol. The SMILES string of the molecule is CCC(CCC(C)O)C(=O)OC(C)OC1COC(C2CCC3OC3C2)OC1. The lowest BCUT2D eigenvalue weighted by Crippen LogP contribution is -2.43.